The number of pyridine rings is 2. The Balaban J connectivity index is 1.76. The van der Waals surface area contributed by atoms with Crippen LogP contribution in [0.15, 0.2) is 47.5 Å². The lowest BCUT2D eigenvalue weighted by Crippen LogP contribution is -2.44. The minimum Gasteiger partial charge on any atom is -0.503 e. The molecule has 0 bridgehead atoms. The molecule has 4 rings (SSSR count). The smallest absolute Gasteiger partial charge is 0.342 e. The second kappa shape index (κ2) is 8.26. The maximum atomic E-state index is 14.6. The van der Waals surface area contributed by atoms with Crippen LogP contribution in [0.2, 0.25) is 0 Å². The number of benzene rings is 1. The van der Waals surface area contributed by atoms with Crippen molar-refractivity contribution in [2.75, 3.05) is 23.4 Å². The van der Waals surface area contributed by atoms with E-state index in [-0.39, 0.29) is 34.6 Å². The summed E-state index contributed by atoms with van der Waals surface area (Å²) in [6, 6.07) is 7.63. The highest BCUT2D eigenvalue weighted by molar-refractivity contribution is 8.01. The number of carbonyl (C=O) groups is 1. The van der Waals surface area contributed by atoms with E-state index < -0.39 is 24.2 Å². The van der Waals surface area contributed by atoms with Crippen LogP contribution in [0.25, 0.3) is 0 Å². The lowest BCUT2D eigenvalue weighted by atomic mass is 10.1. The number of hydrogen-bond donors (Lipinski definition) is 1. The highest BCUT2D eigenvalue weighted by atomic mass is 32.2. The Bertz CT molecular complexity index is 1140. The van der Waals surface area contributed by atoms with Crippen molar-refractivity contribution in [1.29, 1.82) is 0 Å². The quantitative estimate of drug-likeness (QED) is 0.590. The Hall–Kier alpha value is -3.60. The van der Waals surface area contributed by atoms with Crippen molar-refractivity contribution in [3.05, 3.63) is 59.8 Å². The minimum absolute atomic E-state index is 0.0276. The lowest BCUT2D eigenvalue weighted by molar-refractivity contribution is 0.253. The number of aromatic hydroxyl groups is 1. The van der Waals surface area contributed by atoms with Crippen molar-refractivity contribution in [1.82, 2.24) is 9.97 Å². The molecular weight excluding hydrogens is 430 g/mol. The first kappa shape index (κ1) is 20.7. The van der Waals surface area contributed by atoms with E-state index in [0.29, 0.717) is 4.90 Å². The van der Waals surface area contributed by atoms with Gasteiger partial charge in [-0.2, -0.15) is 4.98 Å². The summed E-state index contributed by atoms with van der Waals surface area (Å²) in [7, 11) is 2.63. The molecule has 1 aliphatic rings. The number of rotatable bonds is 5. The van der Waals surface area contributed by atoms with Gasteiger partial charge < -0.3 is 14.6 Å². The molecule has 0 spiro atoms. The van der Waals surface area contributed by atoms with Crippen molar-refractivity contribution < 1.29 is 28.2 Å². The first-order chi connectivity index (χ1) is 14.9. The molecule has 1 aromatic carbocycles. The predicted molar refractivity (Wildman–Crippen MR) is 110 cm³/mol. The van der Waals surface area contributed by atoms with Gasteiger partial charge in [-0.15, -0.1) is 0 Å². The van der Waals surface area contributed by atoms with E-state index in [0.717, 1.165) is 29.0 Å². The topological polar surface area (TPSA) is 88.0 Å². The third-order valence-corrected chi connectivity index (χ3v) is 5.54. The standard InChI is InChI=1S/C20H16F2N4O4S/c1-29-11-8-13(21)12(14(22)9-11)10-25-18-16(4-3-7-23-18)31-26(20(25)28)17-6-5-15(27)19(24-17)30-2/h3-9,27H,10H2,1-2H3. The van der Waals surface area contributed by atoms with Gasteiger partial charge in [0.1, 0.15) is 17.4 Å². The van der Waals surface area contributed by atoms with Gasteiger partial charge in [-0.25, -0.2) is 22.9 Å². The monoisotopic (exact) mass is 446 g/mol. The molecular formula is C20H16F2N4O4S. The fourth-order valence-corrected chi connectivity index (χ4v) is 3.93. The van der Waals surface area contributed by atoms with Crippen LogP contribution >= 0.6 is 11.9 Å². The second-order valence-electron chi connectivity index (χ2n) is 6.35. The summed E-state index contributed by atoms with van der Waals surface area (Å²) in [6.07, 6.45) is 1.48. The second-order valence-corrected chi connectivity index (χ2v) is 7.33. The Kier molecular flexibility index (Phi) is 5.51. The fraction of sp³-hybridized carbons (Fsp3) is 0.150. The number of hydrogen-bond acceptors (Lipinski definition) is 7. The van der Waals surface area contributed by atoms with Gasteiger partial charge in [-0.1, -0.05) is 0 Å². The van der Waals surface area contributed by atoms with Crippen molar-refractivity contribution in [3.8, 4) is 17.4 Å². The third-order valence-electron chi connectivity index (χ3n) is 4.49. The van der Waals surface area contributed by atoms with Gasteiger partial charge in [0.25, 0.3) is 5.88 Å². The molecule has 2 amide bonds. The Morgan fingerprint density at radius 3 is 2.55 bits per heavy atom. The summed E-state index contributed by atoms with van der Waals surface area (Å²) in [4.78, 5) is 23.4. The molecule has 8 nitrogen and oxygen atoms in total. The van der Waals surface area contributed by atoms with Crippen LogP contribution < -0.4 is 18.7 Å². The molecule has 3 aromatic rings. The van der Waals surface area contributed by atoms with Crippen LogP contribution in [0.1, 0.15) is 5.56 Å². The van der Waals surface area contributed by atoms with Crippen LogP contribution in [0, 0.1) is 11.6 Å². The molecule has 0 fully saturated rings. The molecule has 1 N–H and O–H groups in total. The van der Waals surface area contributed by atoms with Crippen LogP contribution in [-0.2, 0) is 6.54 Å². The van der Waals surface area contributed by atoms with Crippen LogP contribution in [0.3, 0.4) is 0 Å². The summed E-state index contributed by atoms with van der Waals surface area (Å²) in [6.45, 7) is -0.406. The van der Waals surface area contributed by atoms with Crippen molar-refractivity contribution in [3.63, 3.8) is 0 Å². The van der Waals surface area contributed by atoms with Gasteiger partial charge >= 0.3 is 6.03 Å². The summed E-state index contributed by atoms with van der Waals surface area (Å²) in [5, 5.41) is 9.80. The zero-order chi connectivity index (χ0) is 22.1. The van der Waals surface area contributed by atoms with Gasteiger partial charge in [-0.3, -0.25) is 4.90 Å². The average molecular weight is 446 g/mol. The Labute approximate surface area is 180 Å². The molecule has 3 heterocycles. The summed E-state index contributed by atoms with van der Waals surface area (Å²) in [5.74, 6) is -1.51. The van der Waals surface area contributed by atoms with Gasteiger partial charge in [0.15, 0.2) is 17.4 Å². The van der Waals surface area contributed by atoms with Crippen LogP contribution in [-0.4, -0.2) is 35.3 Å². The number of nitrogens with zero attached hydrogens (tertiary/aromatic N) is 4. The molecule has 2 aromatic heterocycles. The Morgan fingerprint density at radius 1 is 1.13 bits per heavy atom. The first-order valence-electron chi connectivity index (χ1n) is 8.93. The van der Waals surface area contributed by atoms with Gasteiger partial charge in [0.2, 0.25) is 0 Å². The molecule has 0 radical (unpaired) electrons. The van der Waals surface area contributed by atoms with Crippen molar-refractivity contribution >= 4 is 29.6 Å². The first-order valence-corrected chi connectivity index (χ1v) is 9.70. The number of carbonyl (C=O) groups excluding carboxylic acids is 1. The number of fused-ring (bicyclic) bond motifs is 1. The van der Waals surface area contributed by atoms with Crippen molar-refractivity contribution in [2.45, 2.75) is 11.4 Å². The third kappa shape index (κ3) is 3.79. The number of halogens is 2. The summed E-state index contributed by atoms with van der Waals surface area (Å²) >= 11 is 1.04. The molecule has 160 valence electrons. The number of methoxy groups -OCH3 is 2. The van der Waals surface area contributed by atoms with Gasteiger partial charge in [0.05, 0.1) is 25.7 Å². The molecule has 0 atom stereocenters. The van der Waals surface area contributed by atoms with Gasteiger partial charge in [-0.05, 0) is 24.3 Å². The largest absolute Gasteiger partial charge is 0.503 e. The molecule has 0 saturated heterocycles. The fourth-order valence-electron chi connectivity index (χ4n) is 2.97. The van der Waals surface area contributed by atoms with Gasteiger partial charge in [0, 0.05) is 35.8 Å². The van der Waals surface area contributed by atoms with E-state index in [1.165, 1.54) is 36.9 Å². The number of ether oxygens (including phenoxy) is 2. The summed E-state index contributed by atoms with van der Waals surface area (Å²) in [5.41, 5.74) is -0.311. The van der Waals surface area contributed by atoms with E-state index in [1.54, 1.807) is 12.1 Å². The Morgan fingerprint density at radius 2 is 1.87 bits per heavy atom. The van der Waals surface area contributed by atoms with E-state index in [2.05, 4.69) is 9.97 Å². The number of aromatic nitrogens is 2. The number of amides is 2. The highest BCUT2D eigenvalue weighted by Gasteiger charge is 2.35. The molecule has 31 heavy (non-hydrogen) atoms. The molecule has 1 aliphatic heterocycles. The van der Waals surface area contributed by atoms with E-state index in [9.17, 15) is 18.7 Å². The van der Waals surface area contributed by atoms with E-state index >= 15 is 0 Å². The maximum absolute atomic E-state index is 14.6. The average Bonchev–Trinajstić information content (AvgIpc) is 2.77. The normalized spacial score (nSPS) is 13.2. The lowest BCUT2D eigenvalue weighted by Gasteiger charge is -2.34. The minimum atomic E-state index is -0.851. The number of anilines is 2. The van der Waals surface area contributed by atoms with Crippen LogP contribution in [0.4, 0.5) is 25.2 Å². The van der Waals surface area contributed by atoms with E-state index in [1.807, 2.05) is 0 Å². The zero-order valence-corrected chi connectivity index (χ0v) is 17.2. The summed E-state index contributed by atoms with van der Waals surface area (Å²) < 4.78 is 40.2. The SMILES string of the molecule is COc1cc(F)c(CN2C(=O)N(c3ccc(O)c(OC)n3)Sc3cccnc32)c(F)c1. The van der Waals surface area contributed by atoms with Crippen molar-refractivity contribution in [2.24, 2.45) is 0 Å². The van der Waals surface area contributed by atoms with Crippen LogP contribution in [0.5, 0.6) is 17.4 Å². The molecule has 0 aliphatic carbocycles. The maximum Gasteiger partial charge on any atom is 0.342 e. The zero-order valence-electron chi connectivity index (χ0n) is 16.4. The molecule has 0 saturated carbocycles. The molecule has 11 heteroatoms. The number of urea groups is 1. The molecule has 0 unspecified atom stereocenters. The van der Waals surface area contributed by atoms with E-state index in [4.69, 9.17) is 9.47 Å². The highest BCUT2D eigenvalue weighted by Crippen LogP contribution is 2.41. The predicted octanol–water partition coefficient (Wildman–Crippen LogP) is 4.13.